The minimum atomic E-state index is -1.12. The molecule has 36 heavy (non-hydrogen) atoms. The van der Waals surface area contributed by atoms with E-state index in [-0.39, 0.29) is 30.6 Å². The van der Waals surface area contributed by atoms with Crippen molar-refractivity contribution in [3.8, 4) is 11.5 Å². The van der Waals surface area contributed by atoms with Crippen molar-refractivity contribution in [3.63, 3.8) is 0 Å². The Kier molecular flexibility index (Phi) is 5.99. The number of carbonyl (C=O) groups excluding carboxylic acids is 1. The van der Waals surface area contributed by atoms with E-state index in [9.17, 15) is 19.1 Å². The number of rotatable bonds is 2. The average Bonchev–Trinajstić information content (AvgIpc) is 2.89. The molecular weight excluding hydrogens is 468 g/mol. The molecule has 0 saturated carbocycles. The van der Waals surface area contributed by atoms with E-state index < -0.39 is 40.8 Å². The summed E-state index contributed by atoms with van der Waals surface area (Å²) in [6.07, 6.45) is 4.84. The van der Waals surface area contributed by atoms with E-state index in [1.54, 1.807) is 22.1 Å². The van der Waals surface area contributed by atoms with E-state index >= 15 is 4.39 Å². The van der Waals surface area contributed by atoms with Crippen LogP contribution in [-0.4, -0.2) is 39.9 Å². The summed E-state index contributed by atoms with van der Waals surface area (Å²) in [4.78, 5) is 27.6. The molecule has 0 aliphatic carbocycles. The summed E-state index contributed by atoms with van der Waals surface area (Å²) in [7, 11) is 0. The standard InChI is InChI=1S/C27H25F2N3O4/c1-16(2)20-9-6-14-36-26-18(10-11-19(28)22(26)29)23(17-7-4-3-5-8-17)32-15-30(20)27(35)24-25(34)21(33)12-13-31(24)32/h3-13,16,20,23,34H,14-15H2,1-2H3/b9-6-/t20-,23-/m0/s1. The van der Waals surface area contributed by atoms with Crippen LogP contribution in [-0.2, 0) is 0 Å². The molecule has 0 saturated heterocycles. The molecule has 3 heterocycles. The highest BCUT2D eigenvalue weighted by atomic mass is 19.2. The molecule has 2 bridgehead atoms. The summed E-state index contributed by atoms with van der Waals surface area (Å²) in [5.41, 5.74) is 0.151. The molecule has 186 valence electrons. The van der Waals surface area contributed by atoms with E-state index in [1.807, 2.05) is 44.2 Å². The quantitative estimate of drug-likeness (QED) is 0.548. The Hall–Kier alpha value is -4.14. The molecule has 3 aromatic rings. The molecule has 0 spiro atoms. The number of fused-ring (bicyclic) bond motifs is 5. The second-order valence-electron chi connectivity index (χ2n) is 9.14. The van der Waals surface area contributed by atoms with Crippen LogP contribution >= 0.6 is 0 Å². The normalized spacial score (nSPS) is 20.3. The molecule has 5 rings (SSSR count). The van der Waals surface area contributed by atoms with Crippen LogP contribution in [0.3, 0.4) is 0 Å². The monoisotopic (exact) mass is 493 g/mol. The predicted octanol–water partition coefficient (Wildman–Crippen LogP) is 3.95. The summed E-state index contributed by atoms with van der Waals surface area (Å²) >= 11 is 0. The number of aromatic hydroxyl groups is 1. The topological polar surface area (TPSA) is 75.0 Å². The maximum absolute atomic E-state index is 15.1. The second-order valence-corrected chi connectivity index (χ2v) is 9.14. The Morgan fingerprint density at radius 3 is 2.53 bits per heavy atom. The molecule has 1 aromatic heterocycles. The van der Waals surface area contributed by atoms with Crippen LogP contribution < -0.4 is 15.2 Å². The van der Waals surface area contributed by atoms with Crippen LogP contribution in [0.25, 0.3) is 0 Å². The van der Waals surface area contributed by atoms with Crippen molar-refractivity contribution >= 4 is 5.91 Å². The molecule has 2 atom stereocenters. The number of aromatic nitrogens is 1. The van der Waals surface area contributed by atoms with Crippen LogP contribution in [0.1, 0.15) is 41.5 Å². The fourth-order valence-electron chi connectivity index (χ4n) is 4.86. The third kappa shape index (κ3) is 3.80. The number of hydrogen-bond donors (Lipinski definition) is 1. The molecule has 2 aliphatic heterocycles. The van der Waals surface area contributed by atoms with Crippen LogP contribution in [0.4, 0.5) is 8.78 Å². The van der Waals surface area contributed by atoms with Crippen molar-refractivity contribution in [1.82, 2.24) is 9.58 Å². The maximum Gasteiger partial charge on any atom is 0.278 e. The highest BCUT2D eigenvalue weighted by Gasteiger charge is 2.40. The van der Waals surface area contributed by atoms with Crippen molar-refractivity contribution < 1.29 is 23.4 Å². The van der Waals surface area contributed by atoms with Gasteiger partial charge in [-0.25, -0.2) is 4.39 Å². The molecular formula is C27H25F2N3O4. The van der Waals surface area contributed by atoms with Gasteiger partial charge in [0.05, 0.1) is 6.04 Å². The van der Waals surface area contributed by atoms with Gasteiger partial charge in [-0.1, -0.05) is 50.3 Å². The Bertz CT molecular complexity index is 1400. The number of ether oxygens (including phenoxy) is 1. The van der Waals surface area contributed by atoms with E-state index in [1.165, 1.54) is 16.9 Å². The molecule has 0 fully saturated rings. The number of hydrogen-bond acceptors (Lipinski definition) is 5. The zero-order valence-electron chi connectivity index (χ0n) is 19.8. The fraction of sp³-hybridized carbons (Fsp3) is 0.259. The Balaban J connectivity index is 1.85. The average molecular weight is 494 g/mol. The van der Waals surface area contributed by atoms with Crippen molar-refractivity contribution in [3.05, 3.63) is 106 Å². The summed E-state index contributed by atoms with van der Waals surface area (Å²) in [5.74, 6) is -3.63. The van der Waals surface area contributed by atoms with E-state index in [2.05, 4.69) is 0 Å². The van der Waals surface area contributed by atoms with Gasteiger partial charge in [0.25, 0.3) is 5.91 Å². The summed E-state index contributed by atoms with van der Waals surface area (Å²) in [6, 6.07) is 11.6. The number of nitrogens with zero attached hydrogens (tertiary/aromatic N) is 3. The number of amides is 1. The molecule has 2 aromatic carbocycles. The highest BCUT2D eigenvalue weighted by molar-refractivity contribution is 5.96. The van der Waals surface area contributed by atoms with Crippen LogP contribution in [0.2, 0.25) is 0 Å². The summed E-state index contributed by atoms with van der Waals surface area (Å²) < 4.78 is 36.6. The van der Waals surface area contributed by atoms with Gasteiger partial charge < -0.3 is 14.7 Å². The van der Waals surface area contributed by atoms with Gasteiger partial charge in [0.2, 0.25) is 11.2 Å². The number of halogens is 2. The Morgan fingerprint density at radius 1 is 1.06 bits per heavy atom. The minimum absolute atomic E-state index is 0.0383. The van der Waals surface area contributed by atoms with Gasteiger partial charge in [-0.2, -0.15) is 4.39 Å². The van der Waals surface area contributed by atoms with Gasteiger partial charge in [0, 0.05) is 17.8 Å². The van der Waals surface area contributed by atoms with Crippen molar-refractivity contribution in [2.75, 3.05) is 18.3 Å². The largest absolute Gasteiger partial charge is 0.502 e. The van der Waals surface area contributed by atoms with Crippen molar-refractivity contribution in [2.24, 2.45) is 5.92 Å². The molecule has 9 heteroatoms. The van der Waals surface area contributed by atoms with Crippen molar-refractivity contribution in [1.29, 1.82) is 0 Å². The number of benzene rings is 2. The van der Waals surface area contributed by atoms with E-state index in [4.69, 9.17) is 4.74 Å². The SMILES string of the molecule is CC(C)[C@@H]1/C=C\COc2c(ccc(F)c2F)[C@H](c2ccccc2)N2CN1C(=O)c1c(O)c(=O)ccn12. The van der Waals surface area contributed by atoms with Crippen molar-refractivity contribution in [2.45, 2.75) is 25.9 Å². The smallest absolute Gasteiger partial charge is 0.278 e. The third-order valence-electron chi connectivity index (χ3n) is 6.58. The van der Waals surface area contributed by atoms with Gasteiger partial charge in [-0.3, -0.25) is 19.3 Å². The summed E-state index contributed by atoms with van der Waals surface area (Å²) in [6.45, 7) is 3.88. The second kappa shape index (κ2) is 9.14. The van der Waals surface area contributed by atoms with Crippen LogP contribution in [0.15, 0.2) is 71.7 Å². The first-order valence-corrected chi connectivity index (χ1v) is 11.6. The maximum atomic E-state index is 15.1. The molecule has 7 nitrogen and oxygen atoms in total. The highest BCUT2D eigenvalue weighted by Crippen LogP contribution is 2.39. The van der Waals surface area contributed by atoms with Gasteiger partial charge >= 0.3 is 0 Å². The first kappa shape index (κ1) is 23.6. The molecule has 1 amide bonds. The minimum Gasteiger partial charge on any atom is -0.502 e. The Morgan fingerprint density at radius 2 is 1.81 bits per heavy atom. The zero-order chi connectivity index (χ0) is 25.6. The summed E-state index contributed by atoms with van der Waals surface area (Å²) in [5, 5.41) is 12.4. The Labute approximate surface area is 206 Å². The molecule has 0 radical (unpaired) electrons. The lowest BCUT2D eigenvalue weighted by atomic mass is 9.96. The van der Waals surface area contributed by atoms with Gasteiger partial charge in [-0.05, 0) is 29.7 Å². The number of pyridine rings is 1. The van der Waals surface area contributed by atoms with Crippen LogP contribution in [0, 0.1) is 17.6 Å². The molecule has 2 aliphatic rings. The number of carbonyl (C=O) groups is 1. The fourth-order valence-corrected chi connectivity index (χ4v) is 4.86. The van der Waals surface area contributed by atoms with E-state index in [0.29, 0.717) is 11.1 Å². The zero-order valence-corrected chi connectivity index (χ0v) is 19.8. The van der Waals surface area contributed by atoms with Gasteiger partial charge in [-0.15, -0.1) is 0 Å². The van der Waals surface area contributed by atoms with E-state index in [0.717, 1.165) is 12.1 Å². The lowest BCUT2D eigenvalue weighted by molar-refractivity contribution is 0.0588. The first-order chi connectivity index (χ1) is 17.3. The van der Waals surface area contributed by atoms with Crippen LogP contribution in [0.5, 0.6) is 11.5 Å². The van der Waals surface area contributed by atoms with Gasteiger partial charge in [0.1, 0.15) is 19.3 Å². The first-order valence-electron chi connectivity index (χ1n) is 11.6. The third-order valence-corrected chi connectivity index (χ3v) is 6.58. The van der Waals surface area contributed by atoms with Gasteiger partial charge in [0.15, 0.2) is 23.0 Å². The predicted molar refractivity (Wildman–Crippen MR) is 130 cm³/mol. The molecule has 1 N–H and O–H groups in total. The lowest BCUT2D eigenvalue weighted by Gasteiger charge is -2.46. The lowest BCUT2D eigenvalue weighted by Crippen LogP contribution is -2.58. The molecule has 0 unspecified atom stereocenters.